The number of nitrogens with one attached hydrogen (secondary N) is 2. The fourth-order valence-electron chi connectivity index (χ4n) is 3.79. The summed E-state index contributed by atoms with van der Waals surface area (Å²) in [5, 5.41) is 6.00. The highest BCUT2D eigenvalue weighted by Crippen LogP contribution is 2.30. The van der Waals surface area contributed by atoms with Crippen LogP contribution in [0.1, 0.15) is 33.1 Å². The predicted octanol–water partition coefficient (Wildman–Crippen LogP) is 0.142. The molecule has 112 valence electrons. The third-order valence-corrected chi connectivity index (χ3v) is 5.00. The lowest BCUT2D eigenvalue weighted by Gasteiger charge is -2.36. The molecule has 2 unspecified atom stereocenters. The Morgan fingerprint density at radius 3 is 2.80 bits per heavy atom. The lowest BCUT2D eigenvalue weighted by molar-refractivity contribution is -0.123. The first-order chi connectivity index (χ1) is 9.58. The van der Waals surface area contributed by atoms with Crippen LogP contribution in [0.4, 0.5) is 4.79 Å². The van der Waals surface area contributed by atoms with Crippen molar-refractivity contribution in [2.45, 2.75) is 57.3 Å². The first kappa shape index (κ1) is 13.7. The number of rotatable bonds is 2. The van der Waals surface area contributed by atoms with Gasteiger partial charge in [-0.25, -0.2) is 4.79 Å². The van der Waals surface area contributed by atoms with Gasteiger partial charge in [0.25, 0.3) is 0 Å². The number of nitrogens with zero attached hydrogens (tertiary/aromatic N) is 2. The van der Waals surface area contributed by atoms with Gasteiger partial charge >= 0.3 is 6.03 Å². The quantitative estimate of drug-likeness (QED) is 0.756. The molecule has 0 spiro atoms. The zero-order chi connectivity index (χ0) is 14.3. The highest BCUT2D eigenvalue weighted by atomic mass is 16.2. The second-order valence-electron chi connectivity index (χ2n) is 6.23. The Labute approximate surface area is 119 Å². The maximum atomic E-state index is 12.4. The van der Waals surface area contributed by atoms with Crippen LogP contribution in [0, 0.1) is 0 Å². The molecule has 0 saturated carbocycles. The van der Waals surface area contributed by atoms with Crippen LogP contribution in [0.25, 0.3) is 0 Å². The van der Waals surface area contributed by atoms with Crippen LogP contribution in [0.5, 0.6) is 0 Å². The molecule has 3 amide bonds. The average molecular weight is 280 g/mol. The maximum Gasteiger partial charge on any atom is 0.318 e. The molecule has 3 saturated heterocycles. The summed E-state index contributed by atoms with van der Waals surface area (Å²) in [7, 11) is 0. The smallest absolute Gasteiger partial charge is 0.318 e. The van der Waals surface area contributed by atoms with E-state index in [1.54, 1.807) is 0 Å². The molecule has 3 rings (SSSR count). The van der Waals surface area contributed by atoms with Crippen LogP contribution in [-0.2, 0) is 4.79 Å². The minimum Gasteiger partial charge on any atom is -0.352 e. The Bertz CT molecular complexity index is 414. The Kier molecular flexibility index (Phi) is 3.58. The van der Waals surface area contributed by atoms with E-state index >= 15 is 0 Å². The molecule has 2 bridgehead atoms. The van der Waals surface area contributed by atoms with Gasteiger partial charge < -0.3 is 15.5 Å². The van der Waals surface area contributed by atoms with Crippen molar-refractivity contribution < 1.29 is 9.59 Å². The summed E-state index contributed by atoms with van der Waals surface area (Å²) >= 11 is 0. The monoisotopic (exact) mass is 280 g/mol. The van der Waals surface area contributed by atoms with Crippen LogP contribution in [0.15, 0.2) is 0 Å². The predicted molar refractivity (Wildman–Crippen MR) is 75.3 cm³/mol. The molecule has 20 heavy (non-hydrogen) atoms. The molecule has 0 radical (unpaired) electrons. The Morgan fingerprint density at radius 1 is 1.40 bits per heavy atom. The number of likely N-dealkylation sites (N-methyl/N-ethyl adjacent to an activating group) is 1. The highest BCUT2D eigenvalue weighted by molar-refractivity contribution is 5.79. The summed E-state index contributed by atoms with van der Waals surface area (Å²) in [5.41, 5.74) is 0. The molecule has 0 aromatic heterocycles. The van der Waals surface area contributed by atoms with Crippen molar-refractivity contribution in [2.75, 3.05) is 19.6 Å². The summed E-state index contributed by atoms with van der Waals surface area (Å²) in [6, 6.07) is 1.03. The van der Waals surface area contributed by atoms with Crippen molar-refractivity contribution in [3.05, 3.63) is 0 Å². The highest BCUT2D eigenvalue weighted by Gasteiger charge is 2.45. The number of amides is 3. The number of hydrogen-bond donors (Lipinski definition) is 2. The standard InChI is InChI=1S/C14H24N4O2/c1-3-17-7-11-6-10(17)8-18(11)14(20)16-12-4-5-13(19)15-9(12)2/h9-12H,3-8H2,1-2H3,(H,15,19)(H,16,20)/t9?,10-,11-,12?/m1/s1. The summed E-state index contributed by atoms with van der Waals surface area (Å²) < 4.78 is 0. The lowest BCUT2D eigenvalue weighted by Crippen LogP contribution is -2.58. The van der Waals surface area contributed by atoms with Crippen LogP contribution in [0.2, 0.25) is 0 Å². The van der Waals surface area contributed by atoms with E-state index in [9.17, 15) is 9.59 Å². The SMILES string of the molecule is CCN1C[C@H]2C[C@@H]1CN2C(=O)NC1CCC(=O)NC1C. The maximum absolute atomic E-state index is 12.4. The molecule has 2 N–H and O–H groups in total. The Morgan fingerprint density at radius 2 is 2.20 bits per heavy atom. The molecule has 3 aliphatic heterocycles. The summed E-state index contributed by atoms with van der Waals surface area (Å²) in [6.07, 6.45) is 2.35. The second kappa shape index (κ2) is 5.24. The van der Waals surface area contributed by atoms with E-state index in [-0.39, 0.29) is 24.0 Å². The number of fused-ring (bicyclic) bond motifs is 2. The zero-order valence-electron chi connectivity index (χ0n) is 12.3. The molecule has 6 nitrogen and oxygen atoms in total. The fourth-order valence-corrected chi connectivity index (χ4v) is 3.79. The Balaban J connectivity index is 1.55. The van der Waals surface area contributed by atoms with E-state index in [4.69, 9.17) is 0 Å². The molecular formula is C14H24N4O2. The third-order valence-electron chi connectivity index (χ3n) is 5.00. The van der Waals surface area contributed by atoms with Crippen molar-refractivity contribution in [1.82, 2.24) is 20.4 Å². The molecule has 3 fully saturated rings. The minimum atomic E-state index is 0.0205. The topological polar surface area (TPSA) is 64.7 Å². The molecular weight excluding hydrogens is 256 g/mol. The van der Waals surface area contributed by atoms with Crippen LogP contribution in [-0.4, -0.2) is 65.5 Å². The number of hydrogen-bond acceptors (Lipinski definition) is 3. The van der Waals surface area contributed by atoms with E-state index in [1.165, 1.54) is 0 Å². The van der Waals surface area contributed by atoms with Gasteiger partial charge in [0.1, 0.15) is 0 Å². The van der Waals surface area contributed by atoms with Crippen LogP contribution in [0.3, 0.4) is 0 Å². The van der Waals surface area contributed by atoms with Gasteiger partial charge in [0.2, 0.25) is 5.91 Å². The van der Waals surface area contributed by atoms with Crippen molar-refractivity contribution >= 4 is 11.9 Å². The number of urea groups is 1. The largest absolute Gasteiger partial charge is 0.352 e. The van der Waals surface area contributed by atoms with Gasteiger partial charge in [0.15, 0.2) is 0 Å². The fraction of sp³-hybridized carbons (Fsp3) is 0.857. The third kappa shape index (κ3) is 2.37. The lowest BCUT2D eigenvalue weighted by atomic mass is 9.99. The van der Waals surface area contributed by atoms with Gasteiger partial charge in [-0.15, -0.1) is 0 Å². The van der Waals surface area contributed by atoms with Crippen molar-refractivity contribution in [1.29, 1.82) is 0 Å². The molecule has 3 heterocycles. The van der Waals surface area contributed by atoms with Gasteiger partial charge in [-0.3, -0.25) is 9.69 Å². The average Bonchev–Trinajstić information content (AvgIpc) is 3.01. The molecule has 0 aromatic carbocycles. The number of carbonyl (C=O) groups is 2. The number of likely N-dealkylation sites (tertiary alicyclic amines) is 2. The van der Waals surface area contributed by atoms with Gasteiger partial charge in [-0.2, -0.15) is 0 Å². The van der Waals surface area contributed by atoms with E-state index in [2.05, 4.69) is 22.5 Å². The van der Waals surface area contributed by atoms with Crippen molar-refractivity contribution in [3.8, 4) is 0 Å². The first-order valence-electron chi connectivity index (χ1n) is 7.69. The molecule has 3 aliphatic rings. The van der Waals surface area contributed by atoms with Crippen molar-refractivity contribution in [2.24, 2.45) is 0 Å². The van der Waals surface area contributed by atoms with E-state index in [0.29, 0.717) is 18.5 Å². The number of piperidine rings is 1. The summed E-state index contributed by atoms with van der Waals surface area (Å²) in [6.45, 7) is 7.06. The molecule has 0 aromatic rings. The summed E-state index contributed by atoms with van der Waals surface area (Å²) in [5.74, 6) is 0.0850. The minimum absolute atomic E-state index is 0.0205. The number of piperazine rings is 1. The first-order valence-corrected chi connectivity index (χ1v) is 7.69. The van der Waals surface area contributed by atoms with Crippen molar-refractivity contribution in [3.63, 3.8) is 0 Å². The van der Waals surface area contributed by atoms with Crippen LogP contribution < -0.4 is 10.6 Å². The van der Waals surface area contributed by atoms with Gasteiger partial charge in [0.05, 0.1) is 6.04 Å². The van der Waals surface area contributed by atoms with Crippen LogP contribution >= 0.6 is 0 Å². The number of carbonyl (C=O) groups excluding carboxylic acids is 2. The van der Waals surface area contributed by atoms with Gasteiger partial charge in [0, 0.05) is 37.6 Å². The van der Waals surface area contributed by atoms with E-state index in [1.807, 2.05) is 11.8 Å². The zero-order valence-corrected chi connectivity index (χ0v) is 12.3. The molecule has 0 aliphatic carbocycles. The van der Waals surface area contributed by atoms with Gasteiger partial charge in [-0.1, -0.05) is 6.92 Å². The van der Waals surface area contributed by atoms with E-state index in [0.717, 1.165) is 32.5 Å². The van der Waals surface area contributed by atoms with E-state index < -0.39 is 0 Å². The second-order valence-corrected chi connectivity index (χ2v) is 6.23. The molecule has 6 heteroatoms. The summed E-state index contributed by atoms with van der Waals surface area (Å²) in [4.78, 5) is 28.1. The normalized spacial score (nSPS) is 37.1. The Hall–Kier alpha value is -1.30. The van der Waals surface area contributed by atoms with Gasteiger partial charge in [-0.05, 0) is 26.3 Å². The molecule has 4 atom stereocenters.